The third-order valence-electron chi connectivity index (χ3n) is 5.44. The Bertz CT molecular complexity index is 1420. The van der Waals surface area contributed by atoms with Crippen molar-refractivity contribution in [3.8, 4) is 0 Å². The molecule has 5 aromatic rings. The first-order valence-corrected chi connectivity index (χ1v) is 9.24. The smallest absolute Gasteiger partial charge is 0.179 e. The summed E-state index contributed by atoms with van der Waals surface area (Å²) < 4.78 is 6.11. The minimum absolute atomic E-state index is 0.0174. The van der Waals surface area contributed by atoms with Gasteiger partial charge in [-0.2, -0.15) is 0 Å². The van der Waals surface area contributed by atoms with Crippen LogP contribution in [0.4, 0.5) is 0 Å². The molecule has 0 saturated carbocycles. The predicted molar refractivity (Wildman–Crippen MR) is 114 cm³/mol. The van der Waals surface area contributed by atoms with Gasteiger partial charge in [0.05, 0.1) is 6.26 Å². The summed E-state index contributed by atoms with van der Waals surface area (Å²) in [5, 5.41) is 7.51. The van der Waals surface area contributed by atoms with Crippen molar-refractivity contribution in [1.82, 2.24) is 0 Å². The minimum Gasteiger partial charge on any atom is -0.463 e. The zero-order valence-electron chi connectivity index (χ0n) is 15.7. The van der Waals surface area contributed by atoms with E-state index < -0.39 is 0 Å². The van der Waals surface area contributed by atoms with Crippen LogP contribution in [0.15, 0.2) is 76.1 Å². The molecule has 0 atom stereocenters. The molecule has 0 fully saturated rings. The molecule has 0 aliphatic heterocycles. The Kier molecular flexibility index (Phi) is 3.23. The van der Waals surface area contributed by atoms with Crippen molar-refractivity contribution in [2.75, 3.05) is 0 Å². The van der Waals surface area contributed by atoms with Crippen LogP contribution >= 0.6 is 0 Å². The van der Waals surface area contributed by atoms with Crippen LogP contribution in [0, 0.1) is 0 Å². The lowest BCUT2D eigenvalue weighted by atomic mass is 9.84. The van der Waals surface area contributed by atoms with Crippen molar-refractivity contribution in [1.29, 1.82) is 0 Å². The molecule has 4 aromatic carbocycles. The molecule has 0 spiro atoms. The Morgan fingerprint density at radius 2 is 1.52 bits per heavy atom. The number of rotatable bonds is 0. The van der Waals surface area contributed by atoms with Gasteiger partial charge < -0.3 is 4.42 Å². The van der Waals surface area contributed by atoms with Gasteiger partial charge in [-0.25, -0.2) is 0 Å². The summed E-state index contributed by atoms with van der Waals surface area (Å²) in [7, 11) is 0. The molecule has 0 aliphatic rings. The molecular weight excluding hydrogens is 332 g/mol. The second-order valence-corrected chi connectivity index (χ2v) is 8.24. The fraction of sp³-hybridized carbons (Fsp3) is 0.160. The third-order valence-corrected chi connectivity index (χ3v) is 5.44. The summed E-state index contributed by atoms with van der Waals surface area (Å²) in [6.45, 7) is 6.65. The van der Waals surface area contributed by atoms with Crippen molar-refractivity contribution in [2.24, 2.45) is 0 Å². The van der Waals surface area contributed by atoms with E-state index in [4.69, 9.17) is 4.42 Å². The Morgan fingerprint density at radius 3 is 2.33 bits per heavy atom. The van der Waals surface area contributed by atoms with Gasteiger partial charge in [0.2, 0.25) is 0 Å². The SMILES string of the molecule is CC(C)(C)c1ccc2c3cc(=O)ccc3c3occ4ccccc4c3c2c1. The maximum absolute atomic E-state index is 12.1. The van der Waals surface area contributed by atoms with Gasteiger partial charge in [-0.1, -0.05) is 57.2 Å². The molecule has 0 radical (unpaired) electrons. The molecule has 1 heterocycles. The van der Waals surface area contributed by atoms with Crippen molar-refractivity contribution < 1.29 is 4.42 Å². The Morgan fingerprint density at radius 1 is 0.741 bits per heavy atom. The highest BCUT2D eigenvalue weighted by atomic mass is 16.3. The van der Waals surface area contributed by atoms with Gasteiger partial charge >= 0.3 is 0 Å². The van der Waals surface area contributed by atoms with E-state index in [0.717, 1.165) is 37.9 Å². The average molecular weight is 352 g/mol. The van der Waals surface area contributed by atoms with E-state index in [0.29, 0.717) is 0 Å². The summed E-state index contributed by atoms with van der Waals surface area (Å²) in [6, 6.07) is 20.1. The van der Waals surface area contributed by atoms with E-state index in [2.05, 4.69) is 57.2 Å². The van der Waals surface area contributed by atoms with Gasteiger partial charge in [-0.15, -0.1) is 0 Å². The highest BCUT2D eigenvalue weighted by molar-refractivity contribution is 6.29. The molecule has 2 nitrogen and oxygen atoms in total. The maximum atomic E-state index is 12.1. The van der Waals surface area contributed by atoms with E-state index in [1.165, 1.54) is 10.9 Å². The molecule has 1 aromatic heterocycles. The van der Waals surface area contributed by atoms with E-state index in [1.807, 2.05) is 18.4 Å². The lowest BCUT2D eigenvalue weighted by Crippen LogP contribution is -2.10. The summed E-state index contributed by atoms with van der Waals surface area (Å²) in [5.74, 6) is 0. The number of hydrogen-bond acceptors (Lipinski definition) is 2. The highest BCUT2D eigenvalue weighted by Gasteiger charge is 2.18. The first kappa shape index (κ1) is 16.1. The Labute approximate surface area is 157 Å². The normalized spacial score (nSPS) is 12.4. The van der Waals surface area contributed by atoms with Crippen LogP contribution in [0.25, 0.3) is 43.3 Å². The topological polar surface area (TPSA) is 30.2 Å². The Hall–Kier alpha value is -3.13. The monoisotopic (exact) mass is 352 g/mol. The largest absolute Gasteiger partial charge is 0.463 e. The lowest BCUT2D eigenvalue weighted by molar-refractivity contribution is 0.591. The lowest BCUT2D eigenvalue weighted by Gasteiger charge is -2.20. The minimum atomic E-state index is 0.0174. The predicted octanol–water partition coefficient (Wildman–Crippen LogP) is 6.55. The van der Waals surface area contributed by atoms with E-state index in [-0.39, 0.29) is 10.8 Å². The van der Waals surface area contributed by atoms with Crippen molar-refractivity contribution in [3.63, 3.8) is 0 Å². The van der Waals surface area contributed by atoms with Crippen LogP contribution in [0.1, 0.15) is 26.3 Å². The second-order valence-electron chi connectivity index (χ2n) is 8.24. The van der Waals surface area contributed by atoms with E-state index in [1.54, 1.807) is 12.1 Å². The summed E-state index contributed by atoms with van der Waals surface area (Å²) in [6.07, 6.45) is 1.81. The van der Waals surface area contributed by atoms with Crippen LogP contribution in [-0.2, 0) is 5.41 Å². The molecule has 0 amide bonds. The van der Waals surface area contributed by atoms with Crippen molar-refractivity contribution in [2.45, 2.75) is 26.2 Å². The number of benzene rings is 4. The molecular formula is C25H20O2. The summed E-state index contributed by atoms with van der Waals surface area (Å²) in [5.41, 5.74) is 2.16. The number of hydrogen-bond donors (Lipinski definition) is 0. The quantitative estimate of drug-likeness (QED) is 0.296. The van der Waals surface area contributed by atoms with Gasteiger partial charge in [0.1, 0.15) is 5.58 Å². The fourth-order valence-corrected chi connectivity index (χ4v) is 3.99. The first-order valence-electron chi connectivity index (χ1n) is 9.24. The molecule has 0 aliphatic carbocycles. The number of fused-ring (bicyclic) bond motifs is 8. The van der Waals surface area contributed by atoms with Gasteiger partial charge in [-0.3, -0.25) is 4.79 Å². The summed E-state index contributed by atoms with van der Waals surface area (Å²) in [4.78, 5) is 12.1. The molecule has 5 rings (SSSR count). The molecule has 2 heteroatoms. The molecule has 27 heavy (non-hydrogen) atoms. The fourth-order valence-electron chi connectivity index (χ4n) is 3.99. The highest BCUT2D eigenvalue weighted by Crippen LogP contribution is 2.39. The van der Waals surface area contributed by atoms with Crippen LogP contribution in [0.5, 0.6) is 0 Å². The first-order chi connectivity index (χ1) is 12.9. The van der Waals surface area contributed by atoms with Gasteiger partial charge in [0.15, 0.2) is 5.43 Å². The van der Waals surface area contributed by atoms with E-state index in [9.17, 15) is 4.79 Å². The zero-order chi connectivity index (χ0) is 18.8. The van der Waals surface area contributed by atoms with Crippen LogP contribution < -0.4 is 5.43 Å². The zero-order valence-corrected chi connectivity index (χ0v) is 15.7. The van der Waals surface area contributed by atoms with Gasteiger partial charge in [-0.05, 0) is 56.8 Å². The molecule has 0 bridgehead atoms. The third kappa shape index (κ3) is 2.37. The average Bonchev–Trinajstić information content (AvgIpc) is 2.66. The second kappa shape index (κ2) is 5.43. The molecule has 0 unspecified atom stereocenters. The van der Waals surface area contributed by atoms with Crippen LogP contribution in [0.3, 0.4) is 0 Å². The van der Waals surface area contributed by atoms with Crippen LogP contribution in [-0.4, -0.2) is 0 Å². The van der Waals surface area contributed by atoms with Crippen LogP contribution in [0.2, 0.25) is 0 Å². The molecule has 132 valence electrons. The molecule has 0 saturated heterocycles. The van der Waals surface area contributed by atoms with E-state index >= 15 is 0 Å². The maximum Gasteiger partial charge on any atom is 0.179 e. The molecule has 0 N–H and O–H groups in total. The standard InChI is InChI=1S/C25H20O2/c1-25(2,3)16-8-10-19-21-13-17(26)9-11-20(21)24-23(22(19)12-16)18-7-5-4-6-15(18)14-27-24/h4-14H,1-3H3. The summed E-state index contributed by atoms with van der Waals surface area (Å²) >= 11 is 0. The van der Waals surface area contributed by atoms with Crippen molar-refractivity contribution >= 4 is 43.3 Å². The van der Waals surface area contributed by atoms with Crippen molar-refractivity contribution in [3.05, 3.63) is 82.7 Å². The van der Waals surface area contributed by atoms with Gasteiger partial charge in [0, 0.05) is 16.2 Å². The van der Waals surface area contributed by atoms with Gasteiger partial charge in [0.25, 0.3) is 0 Å². The Balaban J connectivity index is 2.14.